The average molecular weight is 200 g/mol. The predicted octanol–water partition coefficient (Wildman–Crippen LogP) is 2.87. The van der Waals surface area contributed by atoms with Gasteiger partial charge in [0.1, 0.15) is 6.10 Å². The van der Waals surface area contributed by atoms with Crippen molar-refractivity contribution < 1.29 is 9.53 Å². The third kappa shape index (κ3) is 1.84. The number of cyclic esters (lactones) is 1. The summed E-state index contributed by atoms with van der Waals surface area (Å²) in [4.78, 5) is 11.1. The maximum atomic E-state index is 11.1. The van der Waals surface area contributed by atoms with Gasteiger partial charge in [0.2, 0.25) is 0 Å². The van der Waals surface area contributed by atoms with Gasteiger partial charge in [0, 0.05) is 12.0 Å². The minimum absolute atomic E-state index is 0.163. The van der Waals surface area contributed by atoms with E-state index in [1.807, 2.05) is 24.3 Å². The summed E-state index contributed by atoms with van der Waals surface area (Å²) >= 11 is 0. The molecule has 0 amide bonds. The zero-order chi connectivity index (χ0) is 10.8. The maximum absolute atomic E-state index is 11.1. The van der Waals surface area contributed by atoms with Crippen molar-refractivity contribution in [1.29, 1.82) is 0 Å². The normalized spacial score (nSPS) is 20.1. The molecular formula is C13H12O2. The van der Waals surface area contributed by atoms with Crippen LogP contribution in [0.2, 0.25) is 0 Å². The summed E-state index contributed by atoms with van der Waals surface area (Å²) in [5.74, 6) is -0.284. The smallest absolute Gasteiger partial charge is 0.334 e. The number of carbonyl (C=O) groups is 1. The van der Waals surface area contributed by atoms with E-state index < -0.39 is 0 Å². The van der Waals surface area contributed by atoms with Crippen molar-refractivity contribution in [3.8, 4) is 0 Å². The number of hydrogen-bond acceptors (Lipinski definition) is 2. The Kier molecular flexibility index (Phi) is 2.42. The highest BCUT2D eigenvalue weighted by molar-refractivity contribution is 5.90. The molecule has 0 bridgehead atoms. The highest BCUT2D eigenvalue weighted by Crippen LogP contribution is 2.32. The van der Waals surface area contributed by atoms with Gasteiger partial charge in [-0.05, 0) is 11.1 Å². The Hall–Kier alpha value is -1.83. The van der Waals surface area contributed by atoms with Crippen LogP contribution >= 0.6 is 0 Å². The SMILES string of the molecule is C=Cc1ccc(C2CC(=C)C(=O)O2)cc1. The lowest BCUT2D eigenvalue weighted by atomic mass is 10.0. The Morgan fingerprint density at radius 2 is 2.00 bits per heavy atom. The first-order valence-electron chi connectivity index (χ1n) is 4.82. The average Bonchev–Trinajstić information content (AvgIpc) is 2.59. The highest BCUT2D eigenvalue weighted by atomic mass is 16.5. The molecule has 2 nitrogen and oxygen atoms in total. The summed E-state index contributed by atoms with van der Waals surface area (Å²) in [6.07, 6.45) is 2.21. The first-order chi connectivity index (χ1) is 7.20. The van der Waals surface area contributed by atoms with Crippen molar-refractivity contribution in [2.75, 3.05) is 0 Å². The van der Waals surface area contributed by atoms with Gasteiger partial charge >= 0.3 is 5.97 Å². The molecule has 0 saturated carbocycles. The lowest BCUT2D eigenvalue weighted by molar-refractivity contribution is -0.139. The van der Waals surface area contributed by atoms with Crippen LogP contribution in [0.1, 0.15) is 23.7 Å². The van der Waals surface area contributed by atoms with E-state index in [1.165, 1.54) is 0 Å². The lowest BCUT2D eigenvalue weighted by Crippen LogP contribution is -1.98. The lowest BCUT2D eigenvalue weighted by Gasteiger charge is -2.08. The fourth-order valence-electron chi connectivity index (χ4n) is 1.59. The second-order valence-electron chi connectivity index (χ2n) is 3.57. The molecule has 1 atom stereocenters. The molecule has 1 aliphatic heterocycles. The first-order valence-corrected chi connectivity index (χ1v) is 4.82. The number of carbonyl (C=O) groups excluding carboxylic acids is 1. The number of rotatable bonds is 2. The van der Waals surface area contributed by atoms with Crippen LogP contribution in [-0.2, 0) is 9.53 Å². The van der Waals surface area contributed by atoms with Gasteiger partial charge in [-0.1, -0.05) is 43.5 Å². The fraction of sp³-hybridized carbons (Fsp3) is 0.154. The van der Waals surface area contributed by atoms with Crippen LogP contribution in [-0.4, -0.2) is 5.97 Å². The molecule has 1 saturated heterocycles. The molecule has 0 aliphatic carbocycles. The van der Waals surface area contributed by atoms with Crippen LogP contribution in [0.15, 0.2) is 43.0 Å². The Morgan fingerprint density at radius 3 is 2.47 bits per heavy atom. The molecule has 15 heavy (non-hydrogen) atoms. The molecule has 1 unspecified atom stereocenters. The number of ether oxygens (including phenoxy) is 1. The zero-order valence-corrected chi connectivity index (χ0v) is 8.40. The molecule has 1 heterocycles. The van der Waals surface area contributed by atoms with Gasteiger partial charge in [-0.15, -0.1) is 0 Å². The van der Waals surface area contributed by atoms with Crippen LogP contribution in [0, 0.1) is 0 Å². The van der Waals surface area contributed by atoms with Gasteiger partial charge in [-0.3, -0.25) is 0 Å². The summed E-state index contributed by atoms with van der Waals surface area (Å²) in [6.45, 7) is 7.34. The van der Waals surface area contributed by atoms with Crippen molar-refractivity contribution in [3.63, 3.8) is 0 Å². The molecule has 1 aromatic carbocycles. The van der Waals surface area contributed by atoms with E-state index in [1.54, 1.807) is 6.08 Å². The molecule has 1 fully saturated rings. The monoisotopic (exact) mass is 200 g/mol. The van der Waals surface area contributed by atoms with Gasteiger partial charge in [0.15, 0.2) is 0 Å². The van der Waals surface area contributed by atoms with E-state index in [2.05, 4.69) is 13.2 Å². The first kappa shape index (κ1) is 9.71. The van der Waals surface area contributed by atoms with Crippen molar-refractivity contribution in [2.45, 2.75) is 12.5 Å². The van der Waals surface area contributed by atoms with Gasteiger partial charge in [-0.2, -0.15) is 0 Å². The molecule has 0 spiro atoms. The maximum Gasteiger partial charge on any atom is 0.334 e. The zero-order valence-electron chi connectivity index (χ0n) is 8.40. The van der Waals surface area contributed by atoms with Crippen LogP contribution in [0.4, 0.5) is 0 Å². The fourth-order valence-corrected chi connectivity index (χ4v) is 1.59. The largest absolute Gasteiger partial charge is 0.454 e. The molecule has 0 aromatic heterocycles. The predicted molar refractivity (Wildman–Crippen MR) is 59.1 cm³/mol. The summed E-state index contributed by atoms with van der Waals surface area (Å²) in [5.41, 5.74) is 2.61. The van der Waals surface area contributed by atoms with Crippen LogP contribution in [0.5, 0.6) is 0 Å². The third-order valence-corrected chi connectivity index (χ3v) is 2.51. The molecule has 76 valence electrons. The van der Waals surface area contributed by atoms with E-state index in [4.69, 9.17) is 4.74 Å². The van der Waals surface area contributed by atoms with E-state index in [-0.39, 0.29) is 12.1 Å². The second kappa shape index (κ2) is 3.73. The van der Waals surface area contributed by atoms with Crippen LogP contribution in [0.25, 0.3) is 6.08 Å². The van der Waals surface area contributed by atoms with Crippen LogP contribution in [0.3, 0.4) is 0 Å². The molecule has 0 radical (unpaired) electrons. The van der Waals surface area contributed by atoms with E-state index in [9.17, 15) is 4.79 Å². The molecule has 0 N–H and O–H groups in total. The molecule has 1 aromatic rings. The standard InChI is InChI=1S/C13H12O2/c1-3-10-4-6-11(7-5-10)12-8-9(2)13(14)15-12/h3-7,12H,1-2,8H2. The Balaban J connectivity index is 2.20. The second-order valence-corrected chi connectivity index (χ2v) is 3.57. The molecule has 1 aliphatic rings. The summed E-state index contributed by atoms with van der Waals surface area (Å²) in [7, 11) is 0. The summed E-state index contributed by atoms with van der Waals surface area (Å²) < 4.78 is 5.17. The van der Waals surface area contributed by atoms with E-state index >= 15 is 0 Å². The summed E-state index contributed by atoms with van der Waals surface area (Å²) in [6, 6.07) is 7.82. The van der Waals surface area contributed by atoms with Crippen LogP contribution < -0.4 is 0 Å². The Bertz CT molecular complexity index is 399. The topological polar surface area (TPSA) is 26.3 Å². The summed E-state index contributed by atoms with van der Waals surface area (Å²) in [5, 5.41) is 0. The number of benzene rings is 1. The Morgan fingerprint density at radius 1 is 1.33 bits per heavy atom. The van der Waals surface area contributed by atoms with Gasteiger partial charge < -0.3 is 4.74 Å². The molecule has 2 rings (SSSR count). The highest BCUT2D eigenvalue weighted by Gasteiger charge is 2.28. The van der Waals surface area contributed by atoms with Gasteiger partial charge in [0.25, 0.3) is 0 Å². The molecular weight excluding hydrogens is 188 g/mol. The minimum Gasteiger partial charge on any atom is -0.454 e. The quantitative estimate of drug-likeness (QED) is 0.542. The van der Waals surface area contributed by atoms with Crippen molar-refractivity contribution in [2.24, 2.45) is 0 Å². The molecule has 2 heteroatoms. The van der Waals surface area contributed by atoms with Crippen molar-refractivity contribution in [3.05, 3.63) is 54.1 Å². The van der Waals surface area contributed by atoms with Crippen molar-refractivity contribution in [1.82, 2.24) is 0 Å². The number of esters is 1. The Labute approximate surface area is 88.9 Å². The van der Waals surface area contributed by atoms with E-state index in [0.717, 1.165) is 11.1 Å². The third-order valence-electron chi connectivity index (χ3n) is 2.51. The minimum atomic E-state index is -0.284. The van der Waals surface area contributed by atoms with Gasteiger partial charge in [-0.25, -0.2) is 4.79 Å². The van der Waals surface area contributed by atoms with E-state index in [0.29, 0.717) is 12.0 Å². The van der Waals surface area contributed by atoms with Gasteiger partial charge in [0.05, 0.1) is 0 Å². The number of hydrogen-bond donors (Lipinski definition) is 0. The van der Waals surface area contributed by atoms with Crippen molar-refractivity contribution >= 4 is 12.0 Å².